The highest BCUT2D eigenvalue weighted by Gasteiger charge is 2.23. The highest BCUT2D eigenvalue weighted by atomic mass is 16.6. The maximum Gasteiger partial charge on any atom is 0.119 e. The van der Waals surface area contributed by atoms with Crippen LogP contribution in [0, 0.1) is 0 Å². The molecule has 3 aromatic carbocycles. The van der Waals surface area contributed by atoms with Crippen LogP contribution >= 0.6 is 0 Å². The Morgan fingerprint density at radius 2 is 1.17 bits per heavy atom. The molecule has 0 bridgehead atoms. The molecule has 5 rings (SSSR count). The largest absolute Gasteiger partial charge is 0.491 e. The highest BCUT2D eigenvalue weighted by molar-refractivity contribution is 5.82. The van der Waals surface area contributed by atoms with Crippen LogP contribution < -0.4 is 19.4 Å². The van der Waals surface area contributed by atoms with Gasteiger partial charge in [0.05, 0.1) is 30.8 Å². The van der Waals surface area contributed by atoms with E-state index in [4.69, 9.17) is 24.0 Å². The summed E-state index contributed by atoms with van der Waals surface area (Å²) in [4.78, 5) is 2.32. The highest BCUT2D eigenvalue weighted by Crippen LogP contribution is 2.30. The van der Waals surface area contributed by atoms with Crippen molar-refractivity contribution in [2.75, 3.05) is 49.4 Å². The smallest absolute Gasteiger partial charge is 0.119 e. The summed E-state index contributed by atoms with van der Waals surface area (Å²) in [5, 5.41) is 6.77. The van der Waals surface area contributed by atoms with Gasteiger partial charge < -0.3 is 23.8 Å². The van der Waals surface area contributed by atoms with Gasteiger partial charge >= 0.3 is 0 Å². The number of hydrazone groups is 1. The summed E-state index contributed by atoms with van der Waals surface area (Å²) < 4.78 is 22.1. The Morgan fingerprint density at radius 3 is 1.58 bits per heavy atom. The molecule has 0 amide bonds. The zero-order chi connectivity index (χ0) is 24.7. The second-order valence-electron chi connectivity index (χ2n) is 8.84. The number of ether oxygens (including phenoxy) is 4. The number of benzene rings is 3. The van der Waals surface area contributed by atoms with Gasteiger partial charge in [-0.2, -0.15) is 5.10 Å². The summed E-state index contributed by atoms with van der Waals surface area (Å²) in [7, 11) is 0. The molecule has 0 aromatic heterocycles. The fourth-order valence-corrected chi connectivity index (χ4v) is 3.84. The van der Waals surface area contributed by atoms with E-state index in [1.165, 1.54) is 5.69 Å². The van der Waals surface area contributed by atoms with Crippen molar-refractivity contribution in [3.8, 4) is 11.5 Å². The molecule has 0 aliphatic carbocycles. The Balaban J connectivity index is 1.34. The third kappa shape index (κ3) is 6.56. The second kappa shape index (κ2) is 11.5. The van der Waals surface area contributed by atoms with Crippen LogP contribution in [0.1, 0.15) is 19.4 Å². The first kappa shape index (κ1) is 24.2. The monoisotopic (exact) mass is 487 g/mol. The molecular formula is C29H33N3O4. The van der Waals surface area contributed by atoms with E-state index in [1.54, 1.807) is 0 Å². The molecule has 2 heterocycles. The van der Waals surface area contributed by atoms with Crippen molar-refractivity contribution < 1.29 is 18.9 Å². The standard InChI is InChI=1S/C29H33N3O4/c1-3-31(4-2)23-7-5-22(6-8-23)17-30-32(24-9-13-26(14-10-24)33-18-28-20-35-28)25-11-15-27(16-12-25)34-19-29-21-36-29/h5-17,28-29H,3-4,18-21H2,1-2H3/t28-,29?/m0/s1. The first-order valence-corrected chi connectivity index (χ1v) is 12.6. The van der Waals surface area contributed by atoms with Gasteiger partial charge in [-0.05, 0) is 80.1 Å². The third-order valence-corrected chi connectivity index (χ3v) is 6.18. The van der Waals surface area contributed by atoms with Gasteiger partial charge in [-0.3, -0.25) is 0 Å². The van der Waals surface area contributed by atoms with Crippen molar-refractivity contribution in [1.82, 2.24) is 0 Å². The quantitative estimate of drug-likeness (QED) is 0.186. The minimum atomic E-state index is 0.228. The van der Waals surface area contributed by atoms with Gasteiger partial charge in [0.2, 0.25) is 0 Å². The Hall–Kier alpha value is -3.55. The van der Waals surface area contributed by atoms with Crippen LogP contribution in [0.15, 0.2) is 77.9 Å². The van der Waals surface area contributed by atoms with Crippen LogP contribution in [0.5, 0.6) is 11.5 Å². The Kier molecular flexibility index (Phi) is 7.69. The van der Waals surface area contributed by atoms with Crippen molar-refractivity contribution in [2.45, 2.75) is 26.1 Å². The van der Waals surface area contributed by atoms with Crippen LogP contribution in [0.2, 0.25) is 0 Å². The average Bonchev–Trinajstić information content (AvgIpc) is 3.85. The van der Waals surface area contributed by atoms with E-state index in [9.17, 15) is 0 Å². The number of nitrogens with zero attached hydrogens (tertiary/aromatic N) is 3. The molecule has 0 N–H and O–H groups in total. The van der Waals surface area contributed by atoms with Crippen molar-refractivity contribution in [1.29, 1.82) is 0 Å². The zero-order valence-corrected chi connectivity index (χ0v) is 20.9. The summed E-state index contributed by atoms with van der Waals surface area (Å²) in [5.74, 6) is 1.63. The Bertz CT molecular complexity index is 1060. The van der Waals surface area contributed by atoms with Crippen LogP contribution in [-0.2, 0) is 9.47 Å². The van der Waals surface area contributed by atoms with E-state index >= 15 is 0 Å². The van der Waals surface area contributed by atoms with Crippen LogP contribution in [0.3, 0.4) is 0 Å². The van der Waals surface area contributed by atoms with E-state index < -0.39 is 0 Å². The third-order valence-electron chi connectivity index (χ3n) is 6.18. The summed E-state index contributed by atoms with van der Waals surface area (Å²) in [6.07, 6.45) is 2.34. The number of hydrogen-bond acceptors (Lipinski definition) is 7. The number of epoxide rings is 2. The number of anilines is 3. The van der Waals surface area contributed by atoms with E-state index in [1.807, 2.05) is 59.8 Å². The van der Waals surface area contributed by atoms with E-state index in [0.717, 1.165) is 54.7 Å². The molecule has 2 aliphatic rings. The average molecular weight is 488 g/mol. The van der Waals surface area contributed by atoms with Gasteiger partial charge in [-0.1, -0.05) is 12.1 Å². The molecule has 1 unspecified atom stereocenters. The summed E-state index contributed by atoms with van der Waals surface area (Å²) in [6, 6.07) is 24.4. The molecular weight excluding hydrogens is 454 g/mol. The molecule has 188 valence electrons. The van der Waals surface area contributed by atoms with Crippen molar-refractivity contribution in [2.24, 2.45) is 5.10 Å². The van der Waals surface area contributed by atoms with Gasteiger partial charge in [-0.25, -0.2) is 5.01 Å². The fraction of sp³-hybridized carbons (Fsp3) is 0.345. The predicted octanol–water partition coefficient (Wildman–Crippen LogP) is 5.26. The number of rotatable bonds is 13. The summed E-state index contributed by atoms with van der Waals surface area (Å²) in [5.41, 5.74) is 4.11. The van der Waals surface area contributed by atoms with Crippen LogP contribution in [0.25, 0.3) is 0 Å². The van der Waals surface area contributed by atoms with Gasteiger partial charge in [0.1, 0.15) is 36.9 Å². The molecule has 2 aliphatic heterocycles. The first-order chi connectivity index (χ1) is 17.7. The van der Waals surface area contributed by atoms with E-state index in [-0.39, 0.29) is 12.2 Å². The van der Waals surface area contributed by atoms with Gasteiger partial charge in [0.25, 0.3) is 0 Å². The van der Waals surface area contributed by atoms with E-state index in [0.29, 0.717) is 13.2 Å². The van der Waals surface area contributed by atoms with Crippen molar-refractivity contribution in [3.63, 3.8) is 0 Å². The maximum absolute atomic E-state index is 5.80. The predicted molar refractivity (Wildman–Crippen MR) is 143 cm³/mol. The lowest BCUT2D eigenvalue weighted by Gasteiger charge is -2.21. The lowest BCUT2D eigenvalue weighted by Crippen LogP contribution is -2.21. The van der Waals surface area contributed by atoms with Crippen LogP contribution in [-0.4, -0.2) is 57.9 Å². The lowest BCUT2D eigenvalue weighted by atomic mass is 10.2. The SMILES string of the molecule is CCN(CC)c1ccc(C=NN(c2ccc(OCC3CO3)cc2)c2ccc(OC[C@H]3CO3)cc2)cc1. The molecule has 2 atom stereocenters. The van der Waals surface area contributed by atoms with E-state index in [2.05, 4.69) is 43.0 Å². The lowest BCUT2D eigenvalue weighted by molar-refractivity contribution is 0.263. The zero-order valence-electron chi connectivity index (χ0n) is 20.9. The van der Waals surface area contributed by atoms with Crippen molar-refractivity contribution >= 4 is 23.3 Å². The number of hydrogen-bond donors (Lipinski definition) is 0. The Labute approximate surface area is 212 Å². The normalized spacial score (nSPS) is 18.2. The van der Waals surface area contributed by atoms with Crippen molar-refractivity contribution in [3.05, 3.63) is 78.4 Å². The summed E-state index contributed by atoms with van der Waals surface area (Å²) >= 11 is 0. The van der Waals surface area contributed by atoms with Gasteiger partial charge in [-0.15, -0.1) is 0 Å². The molecule has 36 heavy (non-hydrogen) atoms. The topological polar surface area (TPSA) is 62.4 Å². The fourth-order valence-electron chi connectivity index (χ4n) is 3.84. The molecule has 3 aromatic rings. The molecule has 0 radical (unpaired) electrons. The van der Waals surface area contributed by atoms with Crippen LogP contribution in [0.4, 0.5) is 17.1 Å². The summed E-state index contributed by atoms with van der Waals surface area (Å²) in [6.45, 7) is 9.03. The molecule has 0 spiro atoms. The second-order valence-corrected chi connectivity index (χ2v) is 8.84. The minimum Gasteiger partial charge on any atom is -0.491 e. The minimum absolute atomic E-state index is 0.228. The molecule has 2 saturated heterocycles. The molecule has 0 saturated carbocycles. The Morgan fingerprint density at radius 1 is 0.722 bits per heavy atom. The molecule has 7 nitrogen and oxygen atoms in total. The first-order valence-electron chi connectivity index (χ1n) is 12.6. The molecule has 2 fully saturated rings. The van der Waals surface area contributed by atoms with Gasteiger partial charge in [0, 0.05) is 18.8 Å². The maximum atomic E-state index is 5.80. The van der Waals surface area contributed by atoms with Gasteiger partial charge in [0.15, 0.2) is 0 Å². The molecule has 7 heteroatoms.